The molecule has 1 aliphatic rings. The number of ether oxygens (including phenoxy) is 1. The first-order valence-corrected chi connectivity index (χ1v) is 10.4. The second-order valence-corrected chi connectivity index (χ2v) is 7.79. The molecule has 3 aromatic rings. The lowest BCUT2D eigenvalue weighted by Gasteiger charge is -2.28. The lowest BCUT2D eigenvalue weighted by atomic mass is 10.0. The summed E-state index contributed by atoms with van der Waals surface area (Å²) in [5.41, 5.74) is 4.52. The number of rotatable bonds is 6. The maximum atomic E-state index is 13.3. The summed E-state index contributed by atoms with van der Waals surface area (Å²) >= 11 is 0. The minimum atomic E-state index is -0.298. The van der Waals surface area contributed by atoms with Crippen LogP contribution in [0.4, 0.5) is 10.3 Å². The number of aromatic nitrogens is 1. The van der Waals surface area contributed by atoms with Gasteiger partial charge in [-0.2, -0.15) is 0 Å². The van der Waals surface area contributed by atoms with E-state index in [1.54, 1.807) is 17.0 Å². The fourth-order valence-corrected chi connectivity index (χ4v) is 3.76. The maximum Gasteiger partial charge on any atom is 0.233 e. The van der Waals surface area contributed by atoms with Crippen LogP contribution in [-0.4, -0.2) is 42.3 Å². The van der Waals surface area contributed by atoms with Gasteiger partial charge in [-0.15, -0.1) is 0 Å². The molecule has 0 unspecified atom stereocenters. The summed E-state index contributed by atoms with van der Waals surface area (Å²) in [6.45, 7) is 6.92. The van der Waals surface area contributed by atoms with E-state index in [9.17, 15) is 9.18 Å². The summed E-state index contributed by atoms with van der Waals surface area (Å²) in [5.74, 6) is 0.298. The number of aryl methyl sites for hydroxylation is 1. The quantitative estimate of drug-likeness (QED) is 0.596. The molecule has 2 aromatic carbocycles. The molecular weight excluding hydrogens is 397 g/mol. The number of morpholine rings is 1. The lowest BCUT2D eigenvalue weighted by Crippen LogP contribution is -2.37. The Morgan fingerprint density at radius 2 is 1.87 bits per heavy atom. The highest BCUT2D eigenvalue weighted by atomic mass is 19.1. The third-order valence-electron chi connectivity index (χ3n) is 5.44. The van der Waals surface area contributed by atoms with Crippen molar-refractivity contribution in [3.05, 3.63) is 71.0 Å². The van der Waals surface area contributed by atoms with Gasteiger partial charge in [0.15, 0.2) is 0 Å². The molecule has 31 heavy (non-hydrogen) atoms. The van der Waals surface area contributed by atoms with Crippen molar-refractivity contribution < 1.29 is 18.4 Å². The van der Waals surface area contributed by atoms with Gasteiger partial charge < -0.3 is 19.1 Å². The van der Waals surface area contributed by atoms with Crippen molar-refractivity contribution >= 4 is 11.8 Å². The van der Waals surface area contributed by atoms with E-state index in [1.807, 2.05) is 25.1 Å². The standard InChI is InChI=1S/C24H26FN3O3/c1-17-4-3-5-20(14-17)23-22(24(31-26-23)27-10-12-30-13-11-27)16-28(18(2)29)15-19-6-8-21(25)9-7-19/h3-9,14H,10-13,15-16H2,1-2H3. The molecular formula is C24H26FN3O3. The molecule has 4 rings (SSSR count). The Morgan fingerprint density at radius 3 is 2.55 bits per heavy atom. The Labute approximate surface area is 181 Å². The Kier molecular flexibility index (Phi) is 6.32. The molecule has 0 saturated carbocycles. The monoisotopic (exact) mass is 423 g/mol. The van der Waals surface area contributed by atoms with Gasteiger partial charge in [0.2, 0.25) is 11.8 Å². The van der Waals surface area contributed by atoms with E-state index in [4.69, 9.17) is 9.26 Å². The number of carbonyl (C=O) groups excluding carboxylic acids is 1. The molecule has 6 nitrogen and oxygen atoms in total. The van der Waals surface area contributed by atoms with E-state index in [2.05, 4.69) is 16.1 Å². The van der Waals surface area contributed by atoms with E-state index in [1.165, 1.54) is 19.1 Å². The van der Waals surface area contributed by atoms with Gasteiger partial charge in [-0.3, -0.25) is 4.79 Å². The van der Waals surface area contributed by atoms with E-state index in [0.717, 1.165) is 27.9 Å². The third kappa shape index (κ3) is 4.94. The predicted octanol–water partition coefficient (Wildman–Crippen LogP) is 4.17. The Balaban J connectivity index is 1.70. The second kappa shape index (κ2) is 9.31. The van der Waals surface area contributed by atoms with Gasteiger partial charge in [0.1, 0.15) is 11.5 Å². The molecule has 0 spiro atoms. The molecule has 0 N–H and O–H groups in total. The van der Waals surface area contributed by atoms with Crippen LogP contribution in [0.1, 0.15) is 23.6 Å². The van der Waals surface area contributed by atoms with Crippen molar-refractivity contribution in [3.8, 4) is 11.3 Å². The molecule has 0 bridgehead atoms. The van der Waals surface area contributed by atoms with Crippen molar-refractivity contribution in [2.75, 3.05) is 31.2 Å². The van der Waals surface area contributed by atoms with Gasteiger partial charge in [-0.05, 0) is 30.7 Å². The van der Waals surface area contributed by atoms with Crippen molar-refractivity contribution in [2.45, 2.75) is 26.9 Å². The number of hydrogen-bond donors (Lipinski definition) is 0. The number of hydrogen-bond acceptors (Lipinski definition) is 5. The van der Waals surface area contributed by atoms with Gasteiger partial charge in [0, 0.05) is 32.1 Å². The number of nitrogens with zero attached hydrogens (tertiary/aromatic N) is 3. The summed E-state index contributed by atoms with van der Waals surface area (Å²) in [7, 11) is 0. The molecule has 1 amide bonds. The molecule has 1 aromatic heterocycles. The molecule has 0 atom stereocenters. The van der Waals surface area contributed by atoms with Crippen LogP contribution in [0.2, 0.25) is 0 Å². The third-order valence-corrected chi connectivity index (χ3v) is 5.44. The summed E-state index contributed by atoms with van der Waals surface area (Å²) in [4.78, 5) is 16.3. The Hall–Kier alpha value is -3.19. The highest BCUT2D eigenvalue weighted by Gasteiger charge is 2.26. The van der Waals surface area contributed by atoms with Gasteiger partial charge in [-0.1, -0.05) is 41.1 Å². The van der Waals surface area contributed by atoms with Crippen molar-refractivity contribution in [1.29, 1.82) is 0 Å². The molecule has 7 heteroatoms. The van der Waals surface area contributed by atoms with Gasteiger partial charge in [0.25, 0.3) is 0 Å². The highest BCUT2D eigenvalue weighted by molar-refractivity contribution is 5.75. The molecule has 1 fully saturated rings. The fourth-order valence-electron chi connectivity index (χ4n) is 3.76. The molecule has 2 heterocycles. The zero-order valence-electron chi connectivity index (χ0n) is 17.8. The summed E-state index contributed by atoms with van der Waals surface area (Å²) in [6.07, 6.45) is 0. The van der Waals surface area contributed by atoms with Crippen LogP contribution in [0.3, 0.4) is 0 Å². The molecule has 162 valence electrons. The van der Waals surface area contributed by atoms with E-state index in [-0.39, 0.29) is 11.7 Å². The van der Waals surface area contributed by atoms with Crippen LogP contribution < -0.4 is 4.90 Å². The van der Waals surface area contributed by atoms with Crippen molar-refractivity contribution in [3.63, 3.8) is 0 Å². The van der Waals surface area contributed by atoms with Gasteiger partial charge >= 0.3 is 0 Å². The number of halogens is 1. The molecule has 0 radical (unpaired) electrons. The average molecular weight is 423 g/mol. The minimum Gasteiger partial charge on any atom is -0.378 e. The zero-order chi connectivity index (χ0) is 21.8. The zero-order valence-corrected chi connectivity index (χ0v) is 17.8. The number of amides is 1. The van der Waals surface area contributed by atoms with Crippen LogP contribution in [0.25, 0.3) is 11.3 Å². The number of anilines is 1. The Bertz CT molecular complexity index is 1040. The summed E-state index contributed by atoms with van der Waals surface area (Å²) in [5, 5.41) is 4.39. The Morgan fingerprint density at radius 1 is 1.13 bits per heavy atom. The van der Waals surface area contributed by atoms with Crippen molar-refractivity contribution in [2.24, 2.45) is 0 Å². The predicted molar refractivity (Wildman–Crippen MR) is 116 cm³/mol. The van der Waals surface area contributed by atoms with E-state index < -0.39 is 0 Å². The maximum absolute atomic E-state index is 13.3. The molecule has 1 saturated heterocycles. The molecule has 1 aliphatic heterocycles. The lowest BCUT2D eigenvalue weighted by molar-refractivity contribution is -0.130. The minimum absolute atomic E-state index is 0.0753. The van der Waals surface area contributed by atoms with E-state index in [0.29, 0.717) is 45.3 Å². The second-order valence-electron chi connectivity index (χ2n) is 7.79. The van der Waals surface area contributed by atoms with Crippen LogP contribution in [-0.2, 0) is 22.6 Å². The van der Waals surface area contributed by atoms with Crippen LogP contribution in [0, 0.1) is 12.7 Å². The SMILES string of the molecule is CC(=O)N(Cc1ccc(F)cc1)Cc1c(-c2cccc(C)c2)noc1N1CCOCC1. The largest absolute Gasteiger partial charge is 0.378 e. The van der Waals surface area contributed by atoms with E-state index >= 15 is 0 Å². The first-order chi connectivity index (χ1) is 15.0. The normalized spacial score (nSPS) is 14.0. The van der Waals surface area contributed by atoms with Gasteiger partial charge in [0.05, 0.1) is 25.3 Å². The van der Waals surface area contributed by atoms with Crippen molar-refractivity contribution in [1.82, 2.24) is 10.1 Å². The number of benzene rings is 2. The van der Waals surface area contributed by atoms with Crippen LogP contribution >= 0.6 is 0 Å². The first kappa shape index (κ1) is 21.1. The first-order valence-electron chi connectivity index (χ1n) is 10.4. The fraction of sp³-hybridized carbons (Fsp3) is 0.333. The van der Waals surface area contributed by atoms with Gasteiger partial charge in [-0.25, -0.2) is 4.39 Å². The topological polar surface area (TPSA) is 58.8 Å². The smallest absolute Gasteiger partial charge is 0.233 e. The number of carbonyl (C=O) groups is 1. The highest BCUT2D eigenvalue weighted by Crippen LogP contribution is 2.33. The summed E-state index contributed by atoms with van der Waals surface area (Å²) < 4.78 is 24.6. The summed E-state index contributed by atoms with van der Waals surface area (Å²) in [6, 6.07) is 14.3. The average Bonchev–Trinajstić information content (AvgIpc) is 3.19. The van der Waals surface area contributed by atoms with Crippen LogP contribution in [0.15, 0.2) is 53.1 Å². The van der Waals surface area contributed by atoms with Crippen LogP contribution in [0.5, 0.6) is 0 Å². The molecule has 0 aliphatic carbocycles.